The molecule has 0 spiro atoms. The number of thiazole rings is 1. The van der Waals surface area contributed by atoms with Gasteiger partial charge in [0.15, 0.2) is 4.34 Å². The van der Waals surface area contributed by atoms with Crippen LogP contribution in [0, 0.1) is 33.8 Å². The predicted molar refractivity (Wildman–Crippen MR) is 143 cm³/mol. The highest BCUT2D eigenvalue weighted by atomic mass is 32.2. The van der Waals surface area contributed by atoms with Gasteiger partial charge >= 0.3 is 5.97 Å². The smallest absolute Gasteiger partial charge is 0.356 e. The van der Waals surface area contributed by atoms with Crippen LogP contribution in [0.2, 0.25) is 0 Å². The number of rotatable bonds is 7. The van der Waals surface area contributed by atoms with Crippen LogP contribution in [0.1, 0.15) is 19.4 Å². The van der Waals surface area contributed by atoms with Crippen molar-refractivity contribution < 1.29 is 24.4 Å². The van der Waals surface area contributed by atoms with Crippen LogP contribution in [-0.4, -0.2) is 49.7 Å². The van der Waals surface area contributed by atoms with Crippen molar-refractivity contribution in [1.82, 2.24) is 9.88 Å². The molecule has 0 bridgehead atoms. The van der Waals surface area contributed by atoms with E-state index in [4.69, 9.17) is 4.74 Å². The number of β-lactam (4-membered cyclic amide) rings is 1. The number of hydrogen-bond acceptors (Lipinski definition) is 9. The Balaban J connectivity index is 1.34. The first-order valence-corrected chi connectivity index (χ1v) is 13.7. The number of non-ortho nitro benzene ring substituents is 1. The third-order valence-electron chi connectivity index (χ3n) is 6.65. The number of aliphatic hydroxyl groups excluding tert-OH is 1. The summed E-state index contributed by atoms with van der Waals surface area (Å²) in [4.78, 5) is 42.4. The van der Waals surface area contributed by atoms with Crippen molar-refractivity contribution >= 4 is 50.9 Å². The van der Waals surface area contributed by atoms with Crippen LogP contribution in [0.4, 0.5) is 5.69 Å². The lowest BCUT2D eigenvalue weighted by atomic mass is 9.78. The van der Waals surface area contributed by atoms with E-state index >= 15 is 0 Å². The van der Waals surface area contributed by atoms with Crippen LogP contribution in [0.25, 0.3) is 10.2 Å². The molecule has 11 heteroatoms. The minimum absolute atomic E-state index is 0.0631. The van der Waals surface area contributed by atoms with E-state index in [0.29, 0.717) is 16.9 Å². The zero-order valence-corrected chi connectivity index (χ0v) is 22.1. The van der Waals surface area contributed by atoms with Gasteiger partial charge < -0.3 is 14.7 Å². The standard InChI is InChI=1S/C27H23N3O6S2/c1-15-19(6-5-13-37-27-28-20-7-3-4-8-21(20)38-27)24(29-23(15)22(16(2)31)25(29)32)26(33)36-14-17-9-11-18(12-10-17)30(34)35/h3-4,7-12,15-16,22-23,31H,13-14H2,1-2H3/t15-,16+,22+,23+/m0/s1. The van der Waals surface area contributed by atoms with Gasteiger partial charge in [-0.05, 0) is 36.8 Å². The van der Waals surface area contributed by atoms with Crippen molar-refractivity contribution in [2.75, 3.05) is 5.75 Å². The number of ether oxygens (including phenoxy) is 1. The Morgan fingerprint density at radius 2 is 2.03 bits per heavy atom. The van der Waals surface area contributed by atoms with Gasteiger partial charge in [-0.3, -0.25) is 14.9 Å². The number of aliphatic hydroxyl groups is 1. The Morgan fingerprint density at radius 3 is 2.71 bits per heavy atom. The fourth-order valence-electron chi connectivity index (χ4n) is 4.79. The second-order valence-electron chi connectivity index (χ2n) is 9.05. The van der Waals surface area contributed by atoms with Gasteiger partial charge in [0.25, 0.3) is 5.69 Å². The van der Waals surface area contributed by atoms with E-state index < -0.39 is 22.9 Å². The van der Waals surface area contributed by atoms with Crippen molar-refractivity contribution in [3.8, 4) is 11.8 Å². The molecule has 1 amide bonds. The maximum Gasteiger partial charge on any atom is 0.356 e. The highest BCUT2D eigenvalue weighted by Crippen LogP contribution is 2.47. The Bertz CT molecular complexity index is 1490. The average molecular weight is 550 g/mol. The molecule has 2 aliphatic rings. The Hall–Kier alpha value is -3.72. The summed E-state index contributed by atoms with van der Waals surface area (Å²) in [6.07, 6.45) is -0.856. The van der Waals surface area contributed by atoms with Gasteiger partial charge in [0.1, 0.15) is 12.3 Å². The largest absolute Gasteiger partial charge is 0.456 e. The Morgan fingerprint density at radius 1 is 1.29 bits per heavy atom. The molecule has 194 valence electrons. The normalized spacial score (nSPS) is 21.0. The summed E-state index contributed by atoms with van der Waals surface area (Å²) in [5.74, 6) is 4.75. The Labute approximate surface area is 226 Å². The summed E-state index contributed by atoms with van der Waals surface area (Å²) in [6.45, 7) is 3.34. The van der Waals surface area contributed by atoms with Crippen LogP contribution in [0.15, 0.2) is 64.1 Å². The van der Waals surface area contributed by atoms with E-state index in [2.05, 4.69) is 16.8 Å². The van der Waals surface area contributed by atoms with Gasteiger partial charge in [0.05, 0.1) is 39.0 Å². The summed E-state index contributed by atoms with van der Waals surface area (Å²) in [7, 11) is 0. The van der Waals surface area contributed by atoms with Crippen LogP contribution in [0.5, 0.6) is 0 Å². The summed E-state index contributed by atoms with van der Waals surface area (Å²) in [5, 5.41) is 21.0. The van der Waals surface area contributed by atoms with Gasteiger partial charge in [0.2, 0.25) is 5.91 Å². The number of carbonyl (C=O) groups is 2. The van der Waals surface area contributed by atoms with Crippen LogP contribution >= 0.6 is 23.1 Å². The molecule has 2 aromatic carbocycles. The molecule has 3 aromatic rings. The molecule has 0 aliphatic carbocycles. The molecule has 0 radical (unpaired) electrons. The summed E-state index contributed by atoms with van der Waals surface area (Å²) in [6, 6.07) is 13.2. The van der Waals surface area contributed by atoms with Gasteiger partial charge in [0, 0.05) is 23.6 Å². The lowest BCUT2D eigenvalue weighted by molar-refractivity contribution is -0.384. The van der Waals surface area contributed by atoms with Crippen LogP contribution in [0.3, 0.4) is 0 Å². The summed E-state index contributed by atoms with van der Waals surface area (Å²) >= 11 is 3.09. The molecule has 1 fully saturated rings. The van der Waals surface area contributed by atoms with Gasteiger partial charge in [-0.1, -0.05) is 42.7 Å². The van der Waals surface area contributed by atoms with Crippen molar-refractivity contribution in [3.63, 3.8) is 0 Å². The first-order valence-electron chi connectivity index (χ1n) is 11.9. The number of nitro benzene ring substituents is 1. The highest BCUT2D eigenvalue weighted by molar-refractivity contribution is 8.01. The zero-order valence-electron chi connectivity index (χ0n) is 20.5. The van der Waals surface area contributed by atoms with E-state index in [1.54, 1.807) is 18.3 Å². The molecule has 3 heterocycles. The molecule has 9 nitrogen and oxygen atoms in total. The molecule has 1 saturated heterocycles. The first kappa shape index (κ1) is 25.9. The van der Waals surface area contributed by atoms with Gasteiger partial charge in [-0.25, -0.2) is 9.78 Å². The molecule has 4 atom stereocenters. The highest BCUT2D eigenvalue weighted by Gasteiger charge is 2.60. The zero-order chi connectivity index (χ0) is 27.0. The molecular weight excluding hydrogens is 526 g/mol. The Kier molecular flexibility index (Phi) is 7.21. The average Bonchev–Trinajstić information content (AvgIpc) is 3.41. The molecule has 5 rings (SSSR count). The fourth-order valence-corrected chi connectivity index (χ4v) is 6.60. The van der Waals surface area contributed by atoms with Crippen molar-refractivity contribution in [3.05, 3.63) is 75.5 Å². The minimum atomic E-state index is -0.856. The number of benzene rings is 2. The molecule has 1 aromatic heterocycles. The number of esters is 1. The van der Waals surface area contributed by atoms with E-state index in [0.717, 1.165) is 14.6 Å². The number of aromatic nitrogens is 1. The first-order chi connectivity index (χ1) is 18.3. The number of hydrogen-bond donors (Lipinski definition) is 1. The minimum Gasteiger partial charge on any atom is -0.456 e. The lowest BCUT2D eigenvalue weighted by Crippen LogP contribution is -2.63. The molecule has 2 aliphatic heterocycles. The van der Waals surface area contributed by atoms with E-state index in [1.165, 1.54) is 40.9 Å². The number of thioether (sulfide) groups is 1. The number of carbonyl (C=O) groups excluding carboxylic acids is 2. The lowest BCUT2D eigenvalue weighted by Gasteiger charge is -2.46. The topological polar surface area (TPSA) is 123 Å². The summed E-state index contributed by atoms with van der Waals surface area (Å²) in [5.41, 5.74) is 2.05. The number of fused-ring (bicyclic) bond motifs is 2. The van der Waals surface area contributed by atoms with E-state index in [9.17, 15) is 24.8 Å². The molecule has 0 unspecified atom stereocenters. The van der Waals surface area contributed by atoms with Crippen LogP contribution in [-0.2, 0) is 20.9 Å². The van der Waals surface area contributed by atoms with E-state index in [-0.39, 0.29) is 35.9 Å². The SMILES string of the molecule is C[C@@H](O)[C@H]1C(=O)N2C(C(=O)OCc3ccc([N+](=O)[O-])cc3)=C(C#CCSc3nc4ccccc4s3)[C@H](C)[C@H]12. The van der Waals surface area contributed by atoms with Crippen LogP contribution < -0.4 is 0 Å². The molecular formula is C27H23N3O6S2. The quantitative estimate of drug-likeness (QED) is 0.116. The monoisotopic (exact) mass is 549 g/mol. The fraction of sp³-hybridized carbons (Fsp3) is 0.296. The number of para-hydroxylation sites is 1. The number of nitrogens with zero attached hydrogens (tertiary/aromatic N) is 3. The summed E-state index contributed by atoms with van der Waals surface area (Å²) < 4.78 is 7.48. The second kappa shape index (κ2) is 10.6. The maximum absolute atomic E-state index is 13.2. The molecule has 0 saturated carbocycles. The van der Waals surface area contributed by atoms with Crippen molar-refractivity contribution in [1.29, 1.82) is 0 Å². The molecule has 38 heavy (non-hydrogen) atoms. The maximum atomic E-state index is 13.2. The van der Waals surface area contributed by atoms with E-state index in [1.807, 2.05) is 31.2 Å². The van der Waals surface area contributed by atoms with Gasteiger partial charge in [-0.15, -0.1) is 11.3 Å². The predicted octanol–water partition coefficient (Wildman–Crippen LogP) is 4.16. The molecule has 1 N–H and O–H groups in total. The second-order valence-corrected chi connectivity index (χ2v) is 11.3. The van der Waals surface area contributed by atoms with Crippen molar-refractivity contribution in [2.24, 2.45) is 11.8 Å². The van der Waals surface area contributed by atoms with Crippen molar-refractivity contribution in [2.45, 2.75) is 36.9 Å². The number of nitro groups is 1. The third kappa shape index (κ3) is 4.78. The van der Waals surface area contributed by atoms with Gasteiger partial charge in [-0.2, -0.15) is 0 Å². The number of amides is 1. The third-order valence-corrected chi connectivity index (χ3v) is 8.71.